The molecule has 0 saturated carbocycles. The summed E-state index contributed by atoms with van der Waals surface area (Å²) in [7, 11) is 0. The van der Waals surface area contributed by atoms with Gasteiger partial charge in [0.2, 0.25) is 0 Å². The number of aliphatic imine (C=N–C) groups is 2. The molecule has 1 aromatic heterocycles. The summed E-state index contributed by atoms with van der Waals surface area (Å²) in [5, 5.41) is 18.3. The first-order chi connectivity index (χ1) is 14.4. The summed E-state index contributed by atoms with van der Waals surface area (Å²) in [6, 6.07) is 3.83. The second kappa shape index (κ2) is 10.1. The molecule has 1 atom stereocenters. The molecule has 0 radical (unpaired) electrons. The highest BCUT2D eigenvalue weighted by atomic mass is 35.5. The Bertz CT molecular complexity index is 916. The number of hydrogen-bond acceptors (Lipinski definition) is 6. The van der Waals surface area contributed by atoms with Gasteiger partial charge in [-0.3, -0.25) is 4.99 Å². The van der Waals surface area contributed by atoms with Gasteiger partial charge in [0.15, 0.2) is 0 Å². The molecule has 0 saturated heterocycles. The Labute approximate surface area is 180 Å². The van der Waals surface area contributed by atoms with E-state index in [9.17, 15) is 4.79 Å². The van der Waals surface area contributed by atoms with Crippen LogP contribution in [-0.4, -0.2) is 45.7 Å². The third-order valence-corrected chi connectivity index (χ3v) is 4.83. The lowest BCUT2D eigenvalue weighted by molar-refractivity contribution is -0.132. The highest BCUT2D eigenvalue weighted by Gasteiger charge is 2.15. The van der Waals surface area contributed by atoms with Crippen LogP contribution < -0.4 is 16.0 Å². The van der Waals surface area contributed by atoms with Gasteiger partial charge in [0.25, 0.3) is 0 Å². The smallest absolute Gasteiger partial charge is 0.333 e. The number of aromatic nitrogens is 1. The number of amidine groups is 2. The van der Waals surface area contributed by atoms with E-state index in [0.717, 1.165) is 17.2 Å². The van der Waals surface area contributed by atoms with Crippen molar-refractivity contribution >= 4 is 35.1 Å². The molecular formula is C21H25ClN6O2. The summed E-state index contributed by atoms with van der Waals surface area (Å²) in [6.07, 6.45) is 12.4. The van der Waals surface area contributed by atoms with Gasteiger partial charge in [-0.2, -0.15) is 0 Å². The van der Waals surface area contributed by atoms with Gasteiger partial charge in [0.1, 0.15) is 17.5 Å². The van der Waals surface area contributed by atoms with E-state index in [1.165, 1.54) is 6.20 Å². The maximum atomic E-state index is 10.9. The van der Waals surface area contributed by atoms with Crippen molar-refractivity contribution < 1.29 is 9.90 Å². The molecule has 2 aliphatic rings. The van der Waals surface area contributed by atoms with E-state index in [0.29, 0.717) is 43.8 Å². The van der Waals surface area contributed by atoms with Gasteiger partial charge in [-0.15, -0.1) is 11.6 Å². The Morgan fingerprint density at radius 1 is 1.37 bits per heavy atom. The molecule has 0 aliphatic carbocycles. The van der Waals surface area contributed by atoms with Crippen molar-refractivity contribution in [2.24, 2.45) is 9.98 Å². The molecule has 0 bridgehead atoms. The van der Waals surface area contributed by atoms with Gasteiger partial charge in [0.05, 0.1) is 17.0 Å². The van der Waals surface area contributed by atoms with Gasteiger partial charge < -0.3 is 21.1 Å². The minimum Gasteiger partial charge on any atom is -0.478 e. The lowest BCUT2D eigenvalue weighted by atomic mass is 10.1. The zero-order chi connectivity index (χ0) is 21.4. The number of carboxylic acid groups (broad SMARTS) is 1. The molecule has 1 aromatic rings. The first-order valence-corrected chi connectivity index (χ1v) is 10.1. The van der Waals surface area contributed by atoms with E-state index in [1.807, 2.05) is 31.2 Å². The number of aliphatic carboxylic acids is 1. The summed E-state index contributed by atoms with van der Waals surface area (Å²) in [4.78, 5) is 23.8. The number of hydrogen-bond donors (Lipinski definition) is 4. The van der Waals surface area contributed by atoms with Gasteiger partial charge >= 0.3 is 5.97 Å². The maximum absolute atomic E-state index is 10.9. The largest absolute Gasteiger partial charge is 0.478 e. The van der Waals surface area contributed by atoms with Crippen molar-refractivity contribution in [2.45, 2.75) is 31.1 Å². The van der Waals surface area contributed by atoms with E-state index in [1.54, 1.807) is 18.6 Å². The fourth-order valence-corrected chi connectivity index (χ4v) is 2.99. The second-order valence-electron chi connectivity index (χ2n) is 7.13. The molecule has 0 amide bonds. The van der Waals surface area contributed by atoms with Crippen LogP contribution >= 0.6 is 11.6 Å². The molecular weight excluding hydrogens is 404 g/mol. The van der Waals surface area contributed by atoms with Gasteiger partial charge in [-0.05, 0) is 38.0 Å². The zero-order valence-corrected chi connectivity index (χ0v) is 17.5. The van der Waals surface area contributed by atoms with Crippen molar-refractivity contribution in [1.29, 1.82) is 0 Å². The highest BCUT2D eigenvalue weighted by Crippen LogP contribution is 2.21. The van der Waals surface area contributed by atoms with Crippen molar-refractivity contribution in [1.82, 2.24) is 15.6 Å². The molecule has 0 fully saturated rings. The van der Waals surface area contributed by atoms with Crippen LogP contribution in [0.5, 0.6) is 0 Å². The first kappa shape index (κ1) is 21.6. The van der Waals surface area contributed by atoms with Crippen molar-refractivity contribution in [3.05, 3.63) is 60.2 Å². The lowest BCUT2D eigenvalue weighted by Gasteiger charge is -2.14. The Morgan fingerprint density at radius 3 is 2.93 bits per heavy atom. The summed E-state index contributed by atoms with van der Waals surface area (Å²) in [5.41, 5.74) is 1.23. The molecule has 1 unspecified atom stereocenters. The predicted molar refractivity (Wildman–Crippen MR) is 120 cm³/mol. The average molecular weight is 429 g/mol. The number of carbonyl (C=O) groups is 1. The fraction of sp³-hybridized carbons (Fsp3) is 0.333. The Morgan fingerprint density at radius 2 is 2.23 bits per heavy atom. The molecule has 3 rings (SSSR count). The minimum absolute atomic E-state index is 0.373. The molecule has 4 N–H and O–H groups in total. The van der Waals surface area contributed by atoms with Crippen molar-refractivity contribution in [3.63, 3.8) is 0 Å². The number of allylic oxidation sites excluding steroid dienone is 2. The van der Waals surface area contributed by atoms with Gasteiger partial charge in [-0.25, -0.2) is 14.8 Å². The monoisotopic (exact) mass is 428 g/mol. The van der Waals surface area contributed by atoms with Crippen LogP contribution in [0.3, 0.4) is 0 Å². The fourth-order valence-electron chi connectivity index (χ4n) is 2.84. The minimum atomic E-state index is -0.890. The number of halogens is 1. The lowest BCUT2D eigenvalue weighted by Crippen LogP contribution is -2.25. The van der Waals surface area contributed by atoms with Crippen molar-refractivity contribution in [3.8, 4) is 0 Å². The zero-order valence-electron chi connectivity index (χ0n) is 16.7. The molecule has 0 spiro atoms. The summed E-state index contributed by atoms with van der Waals surface area (Å²) in [5.74, 6) is 1.34. The van der Waals surface area contributed by atoms with Crippen LogP contribution in [0, 0.1) is 0 Å². The number of anilines is 1. The molecule has 158 valence electrons. The molecule has 30 heavy (non-hydrogen) atoms. The molecule has 2 aliphatic heterocycles. The molecule has 0 aromatic carbocycles. The van der Waals surface area contributed by atoms with E-state index in [4.69, 9.17) is 16.7 Å². The summed E-state index contributed by atoms with van der Waals surface area (Å²) in [6.45, 7) is 3.12. The Balaban J connectivity index is 1.50. The van der Waals surface area contributed by atoms with Crippen LogP contribution in [0.4, 0.5) is 5.82 Å². The third kappa shape index (κ3) is 6.45. The first-order valence-electron chi connectivity index (χ1n) is 9.71. The van der Waals surface area contributed by atoms with E-state index in [2.05, 4.69) is 30.9 Å². The summed E-state index contributed by atoms with van der Waals surface area (Å²) < 4.78 is 0. The van der Waals surface area contributed by atoms with Gasteiger partial charge in [-0.1, -0.05) is 6.08 Å². The third-order valence-electron chi connectivity index (χ3n) is 4.55. The topological polar surface area (TPSA) is 111 Å². The maximum Gasteiger partial charge on any atom is 0.333 e. The van der Waals surface area contributed by atoms with Crippen molar-refractivity contribution in [2.75, 3.05) is 18.4 Å². The SMILES string of the molecule is CC1(Cl)/C=C/NC(c2ccc(NCCN=C3CCC(C(=O)O)=CN3)nc2)=N/C=C/C1. The van der Waals surface area contributed by atoms with Crippen LogP contribution in [-0.2, 0) is 4.79 Å². The normalized spacial score (nSPS) is 24.8. The Kier molecular flexibility index (Phi) is 7.24. The van der Waals surface area contributed by atoms with Gasteiger partial charge in [0, 0.05) is 43.3 Å². The van der Waals surface area contributed by atoms with E-state index in [-0.39, 0.29) is 0 Å². The quantitative estimate of drug-likeness (QED) is 0.409. The molecule has 9 heteroatoms. The standard InChI is InChI=1S/C21H25ClN6O2/c1-21(22)7-2-9-25-19(26-10-8-21)15-3-5-17(27-13-15)23-11-12-24-18-6-4-16(14-28-18)20(29)30/h2-3,5,8-10,13-14H,4,6-7,11-12H2,1H3,(H,23,27)(H,24,28)(H,25,26)(H,29,30)/b9-2+,10-8+. The Hall–Kier alpha value is -3.13. The average Bonchev–Trinajstić information content (AvgIpc) is 2.82. The number of alkyl halides is 1. The number of carboxylic acids is 1. The molecule has 3 heterocycles. The van der Waals surface area contributed by atoms with Crippen LogP contribution in [0.25, 0.3) is 0 Å². The van der Waals surface area contributed by atoms with E-state index >= 15 is 0 Å². The number of pyridine rings is 1. The number of nitrogens with one attached hydrogen (secondary N) is 3. The van der Waals surface area contributed by atoms with Crippen LogP contribution in [0.2, 0.25) is 0 Å². The second-order valence-corrected chi connectivity index (χ2v) is 7.99. The van der Waals surface area contributed by atoms with E-state index < -0.39 is 10.8 Å². The highest BCUT2D eigenvalue weighted by molar-refractivity contribution is 6.25. The van der Waals surface area contributed by atoms with Crippen LogP contribution in [0.1, 0.15) is 31.7 Å². The molecule has 8 nitrogen and oxygen atoms in total. The number of rotatable bonds is 6. The van der Waals surface area contributed by atoms with Crippen LogP contribution in [0.15, 0.2) is 64.6 Å². The number of nitrogens with zero attached hydrogens (tertiary/aromatic N) is 3. The predicted octanol–water partition coefficient (Wildman–Crippen LogP) is 3.01. The summed E-state index contributed by atoms with van der Waals surface area (Å²) >= 11 is 6.38.